The summed E-state index contributed by atoms with van der Waals surface area (Å²) in [6.07, 6.45) is 3.31. The van der Waals surface area contributed by atoms with E-state index in [1.54, 1.807) is 12.1 Å². The maximum absolute atomic E-state index is 11.7. The summed E-state index contributed by atoms with van der Waals surface area (Å²) in [5, 5.41) is 10.9. The van der Waals surface area contributed by atoms with Gasteiger partial charge in [-0.2, -0.15) is 0 Å². The van der Waals surface area contributed by atoms with E-state index in [0.717, 1.165) is 31.4 Å². The van der Waals surface area contributed by atoms with Crippen LogP contribution in [0.3, 0.4) is 0 Å². The van der Waals surface area contributed by atoms with Gasteiger partial charge >= 0.3 is 5.97 Å². The SMILES string of the molecule is CC(c1cc(Cl)ccc1Cl)N1CC2CCCC2C1C(=O)O. The van der Waals surface area contributed by atoms with Crippen molar-refractivity contribution in [2.24, 2.45) is 11.8 Å². The minimum Gasteiger partial charge on any atom is -0.480 e. The molecule has 1 aromatic carbocycles. The van der Waals surface area contributed by atoms with E-state index in [0.29, 0.717) is 16.0 Å². The number of aliphatic carboxylic acids is 1. The zero-order valence-electron chi connectivity index (χ0n) is 11.9. The topological polar surface area (TPSA) is 40.5 Å². The Hall–Kier alpha value is -0.770. The lowest BCUT2D eigenvalue weighted by molar-refractivity contribution is -0.144. The number of hydrogen-bond donors (Lipinski definition) is 1. The number of likely N-dealkylation sites (tertiary alicyclic amines) is 1. The Bertz CT molecular complexity index is 563. The van der Waals surface area contributed by atoms with Gasteiger partial charge in [0.15, 0.2) is 0 Å². The van der Waals surface area contributed by atoms with Crippen LogP contribution in [0.5, 0.6) is 0 Å². The molecule has 0 radical (unpaired) electrons. The van der Waals surface area contributed by atoms with Gasteiger partial charge in [-0.05, 0) is 55.4 Å². The average molecular weight is 328 g/mol. The largest absolute Gasteiger partial charge is 0.480 e. The van der Waals surface area contributed by atoms with Crippen LogP contribution in [0, 0.1) is 11.8 Å². The Kier molecular flexibility index (Phi) is 4.17. The number of rotatable bonds is 3. The maximum Gasteiger partial charge on any atom is 0.321 e. The van der Waals surface area contributed by atoms with Gasteiger partial charge < -0.3 is 5.11 Å². The van der Waals surface area contributed by atoms with Gasteiger partial charge in [-0.3, -0.25) is 9.69 Å². The predicted molar refractivity (Wildman–Crippen MR) is 83.8 cm³/mol. The first-order valence-electron chi connectivity index (χ1n) is 7.42. The van der Waals surface area contributed by atoms with Crippen LogP contribution < -0.4 is 0 Å². The number of hydrogen-bond acceptors (Lipinski definition) is 2. The standard InChI is InChI=1S/C16H19Cl2NO2/c1-9(13-7-11(17)5-6-14(13)18)19-8-10-3-2-4-12(10)15(19)16(20)21/h5-7,9-10,12,15H,2-4,8H2,1H3,(H,20,21). The molecule has 1 heterocycles. The van der Waals surface area contributed by atoms with Crippen molar-refractivity contribution in [3.8, 4) is 0 Å². The lowest BCUT2D eigenvalue weighted by Crippen LogP contribution is -2.41. The minimum atomic E-state index is -0.714. The Morgan fingerprint density at radius 2 is 2.14 bits per heavy atom. The molecule has 3 rings (SSSR count). The second kappa shape index (κ2) is 5.79. The highest BCUT2D eigenvalue weighted by Crippen LogP contribution is 2.46. The molecular formula is C16H19Cl2NO2. The Morgan fingerprint density at radius 3 is 2.86 bits per heavy atom. The number of carboxylic acids is 1. The first-order valence-corrected chi connectivity index (χ1v) is 8.18. The van der Waals surface area contributed by atoms with Gasteiger partial charge in [0.2, 0.25) is 0 Å². The van der Waals surface area contributed by atoms with Crippen LogP contribution in [-0.2, 0) is 4.79 Å². The summed E-state index contributed by atoms with van der Waals surface area (Å²) >= 11 is 12.4. The van der Waals surface area contributed by atoms with E-state index in [1.807, 2.05) is 13.0 Å². The third-order valence-electron chi connectivity index (χ3n) is 5.08. The first-order chi connectivity index (χ1) is 9.99. The summed E-state index contributed by atoms with van der Waals surface area (Å²) in [7, 11) is 0. The van der Waals surface area contributed by atoms with Gasteiger partial charge in [-0.15, -0.1) is 0 Å². The van der Waals surface area contributed by atoms with Gasteiger partial charge in [0.1, 0.15) is 6.04 Å². The molecular weight excluding hydrogens is 309 g/mol. The van der Waals surface area contributed by atoms with Crippen molar-refractivity contribution < 1.29 is 9.90 Å². The van der Waals surface area contributed by atoms with Gasteiger partial charge in [0, 0.05) is 22.6 Å². The highest BCUT2D eigenvalue weighted by Gasteiger charge is 2.49. The quantitative estimate of drug-likeness (QED) is 0.902. The molecule has 2 fully saturated rings. The van der Waals surface area contributed by atoms with Crippen molar-refractivity contribution in [2.45, 2.75) is 38.3 Å². The molecule has 1 saturated heterocycles. The molecule has 4 unspecified atom stereocenters. The lowest BCUT2D eigenvalue weighted by Gasteiger charge is -2.31. The fourth-order valence-electron chi connectivity index (χ4n) is 4.08. The van der Waals surface area contributed by atoms with Crippen LogP contribution in [0.25, 0.3) is 0 Å². The van der Waals surface area contributed by atoms with Gasteiger partial charge in [0.05, 0.1) is 0 Å². The Balaban J connectivity index is 1.91. The molecule has 1 N–H and O–H groups in total. The first kappa shape index (κ1) is 15.1. The van der Waals surface area contributed by atoms with Crippen molar-refractivity contribution in [1.29, 1.82) is 0 Å². The maximum atomic E-state index is 11.7. The van der Waals surface area contributed by atoms with Crippen LogP contribution >= 0.6 is 23.2 Å². The predicted octanol–water partition coefficient (Wildman–Crippen LogP) is 4.24. The number of benzene rings is 1. The normalized spacial score (nSPS) is 30.3. The molecule has 1 aliphatic carbocycles. The fourth-order valence-corrected chi connectivity index (χ4v) is 4.53. The molecule has 4 atom stereocenters. The van der Waals surface area contributed by atoms with E-state index in [4.69, 9.17) is 23.2 Å². The van der Waals surface area contributed by atoms with Crippen LogP contribution in [0.1, 0.15) is 37.8 Å². The van der Waals surface area contributed by atoms with Gasteiger partial charge in [-0.25, -0.2) is 0 Å². The number of carboxylic acid groups (broad SMARTS) is 1. The van der Waals surface area contributed by atoms with Gasteiger partial charge in [0.25, 0.3) is 0 Å². The molecule has 1 aliphatic heterocycles. The van der Waals surface area contributed by atoms with Crippen molar-refractivity contribution in [3.63, 3.8) is 0 Å². The molecule has 3 nitrogen and oxygen atoms in total. The van der Waals surface area contributed by atoms with Crippen LogP contribution in [0.15, 0.2) is 18.2 Å². The molecule has 2 aliphatic rings. The summed E-state index contributed by atoms with van der Waals surface area (Å²) in [5.41, 5.74) is 0.912. The minimum absolute atomic E-state index is 0.0390. The van der Waals surface area contributed by atoms with Crippen molar-refractivity contribution in [1.82, 2.24) is 4.90 Å². The van der Waals surface area contributed by atoms with Gasteiger partial charge in [-0.1, -0.05) is 29.6 Å². The van der Waals surface area contributed by atoms with Crippen molar-refractivity contribution >= 4 is 29.2 Å². The average Bonchev–Trinajstić information content (AvgIpc) is 3.00. The summed E-state index contributed by atoms with van der Waals surface area (Å²) < 4.78 is 0. The second-order valence-corrected chi connectivity index (χ2v) is 7.02. The number of halogens is 2. The number of nitrogens with zero attached hydrogens (tertiary/aromatic N) is 1. The summed E-state index contributed by atoms with van der Waals surface area (Å²) in [6, 6.07) is 4.95. The summed E-state index contributed by atoms with van der Waals surface area (Å²) in [4.78, 5) is 13.8. The molecule has 5 heteroatoms. The van der Waals surface area contributed by atoms with E-state index in [1.165, 1.54) is 0 Å². The second-order valence-electron chi connectivity index (χ2n) is 6.18. The molecule has 1 saturated carbocycles. The number of carbonyl (C=O) groups is 1. The lowest BCUT2D eigenvalue weighted by atomic mass is 9.94. The van der Waals surface area contributed by atoms with E-state index >= 15 is 0 Å². The Morgan fingerprint density at radius 1 is 1.38 bits per heavy atom. The Labute approximate surface area is 134 Å². The molecule has 0 spiro atoms. The zero-order valence-corrected chi connectivity index (χ0v) is 13.4. The van der Waals surface area contributed by atoms with Crippen LogP contribution in [0.4, 0.5) is 0 Å². The molecule has 0 amide bonds. The van der Waals surface area contributed by atoms with E-state index in [-0.39, 0.29) is 12.0 Å². The molecule has 21 heavy (non-hydrogen) atoms. The highest BCUT2D eigenvalue weighted by atomic mass is 35.5. The molecule has 1 aromatic rings. The van der Waals surface area contributed by atoms with Crippen molar-refractivity contribution in [2.75, 3.05) is 6.54 Å². The molecule has 0 bridgehead atoms. The van der Waals surface area contributed by atoms with Crippen LogP contribution in [-0.4, -0.2) is 28.6 Å². The third kappa shape index (κ3) is 2.67. The van der Waals surface area contributed by atoms with Crippen LogP contribution in [0.2, 0.25) is 10.0 Å². The highest BCUT2D eigenvalue weighted by molar-refractivity contribution is 6.33. The summed E-state index contributed by atoms with van der Waals surface area (Å²) in [5.74, 6) is 0.0730. The van der Waals surface area contributed by atoms with Crippen molar-refractivity contribution in [3.05, 3.63) is 33.8 Å². The third-order valence-corrected chi connectivity index (χ3v) is 5.66. The number of fused-ring (bicyclic) bond motifs is 1. The van der Waals surface area contributed by atoms with E-state index in [9.17, 15) is 9.90 Å². The summed E-state index contributed by atoms with van der Waals surface area (Å²) in [6.45, 7) is 2.86. The molecule has 114 valence electrons. The molecule has 0 aromatic heterocycles. The monoisotopic (exact) mass is 327 g/mol. The van der Waals surface area contributed by atoms with E-state index < -0.39 is 12.0 Å². The fraction of sp³-hybridized carbons (Fsp3) is 0.562. The zero-order chi connectivity index (χ0) is 15.1. The van der Waals surface area contributed by atoms with E-state index in [2.05, 4.69) is 4.90 Å². The smallest absolute Gasteiger partial charge is 0.321 e.